The third-order valence-corrected chi connectivity index (χ3v) is 4.70. The topological polar surface area (TPSA) is 59.5 Å². The Morgan fingerprint density at radius 2 is 1.95 bits per heavy atom. The fourth-order valence-corrected chi connectivity index (χ4v) is 2.60. The van der Waals surface area contributed by atoms with Crippen molar-refractivity contribution in [1.82, 2.24) is 4.98 Å². The number of rotatable bonds is 6. The van der Waals surface area contributed by atoms with Gasteiger partial charge in [0.25, 0.3) is 0 Å². The zero-order valence-corrected chi connectivity index (χ0v) is 13.8. The standard InChI is InChI=1S/C14H22N2O3S/c1-7-14(4,5)16(6)13-15-10(12(18)19-8-2)11(20-13)9(3)17/h7-8H2,1-6H3. The summed E-state index contributed by atoms with van der Waals surface area (Å²) in [5.74, 6) is -0.706. The molecule has 5 nitrogen and oxygen atoms in total. The Balaban J connectivity index is 3.22. The van der Waals surface area contributed by atoms with E-state index in [1.54, 1.807) is 6.92 Å². The van der Waals surface area contributed by atoms with Crippen molar-refractivity contribution >= 4 is 28.2 Å². The van der Waals surface area contributed by atoms with Gasteiger partial charge in [-0.3, -0.25) is 4.79 Å². The molecular formula is C14H22N2O3S. The van der Waals surface area contributed by atoms with E-state index in [-0.39, 0.29) is 23.6 Å². The molecule has 0 unspecified atom stereocenters. The van der Waals surface area contributed by atoms with Crippen molar-refractivity contribution in [3.05, 3.63) is 10.6 Å². The van der Waals surface area contributed by atoms with Crippen molar-refractivity contribution in [2.45, 2.75) is 46.6 Å². The lowest BCUT2D eigenvalue weighted by molar-refractivity contribution is 0.0517. The normalized spacial score (nSPS) is 11.3. The molecule has 20 heavy (non-hydrogen) atoms. The van der Waals surface area contributed by atoms with E-state index in [4.69, 9.17) is 4.74 Å². The molecule has 6 heteroatoms. The minimum absolute atomic E-state index is 0.0994. The number of esters is 1. The number of aromatic nitrogens is 1. The molecular weight excluding hydrogens is 276 g/mol. The van der Waals surface area contributed by atoms with E-state index in [0.29, 0.717) is 10.0 Å². The van der Waals surface area contributed by atoms with E-state index in [2.05, 4.69) is 25.8 Å². The van der Waals surface area contributed by atoms with Crippen LogP contribution in [0.5, 0.6) is 0 Å². The van der Waals surface area contributed by atoms with Gasteiger partial charge in [0, 0.05) is 19.5 Å². The number of ether oxygens (including phenoxy) is 1. The molecule has 0 fully saturated rings. The number of ketones is 1. The van der Waals surface area contributed by atoms with Gasteiger partial charge in [0.2, 0.25) is 0 Å². The van der Waals surface area contributed by atoms with Crippen LogP contribution in [0.25, 0.3) is 0 Å². The Morgan fingerprint density at radius 1 is 1.35 bits per heavy atom. The first-order chi connectivity index (χ1) is 9.24. The summed E-state index contributed by atoms with van der Waals surface area (Å²) in [7, 11) is 1.92. The summed E-state index contributed by atoms with van der Waals surface area (Å²) >= 11 is 1.24. The molecule has 112 valence electrons. The fourth-order valence-electron chi connectivity index (χ4n) is 1.52. The van der Waals surface area contributed by atoms with E-state index < -0.39 is 5.97 Å². The van der Waals surface area contributed by atoms with Crippen molar-refractivity contribution in [1.29, 1.82) is 0 Å². The van der Waals surface area contributed by atoms with Crippen LogP contribution < -0.4 is 4.90 Å². The summed E-state index contributed by atoms with van der Waals surface area (Å²) in [5.41, 5.74) is 0.0239. The van der Waals surface area contributed by atoms with E-state index in [1.807, 2.05) is 11.9 Å². The average Bonchev–Trinajstić information content (AvgIpc) is 2.83. The molecule has 0 N–H and O–H groups in total. The predicted molar refractivity (Wildman–Crippen MR) is 80.8 cm³/mol. The second kappa shape index (κ2) is 6.35. The Morgan fingerprint density at radius 3 is 2.40 bits per heavy atom. The van der Waals surface area contributed by atoms with Crippen LogP contribution in [0, 0.1) is 0 Å². The summed E-state index contributed by atoms with van der Waals surface area (Å²) in [6.07, 6.45) is 0.924. The maximum absolute atomic E-state index is 11.9. The van der Waals surface area contributed by atoms with Gasteiger partial charge in [-0.05, 0) is 27.2 Å². The largest absolute Gasteiger partial charge is 0.461 e. The summed E-state index contributed by atoms with van der Waals surface area (Å²) in [4.78, 5) is 30.2. The third-order valence-electron chi connectivity index (χ3n) is 3.46. The Labute approximate surface area is 124 Å². The van der Waals surface area contributed by atoms with Crippen molar-refractivity contribution in [3.63, 3.8) is 0 Å². The number of hydrogen-bond acceptors (Lipinski definition) is 6. The van der Waals surface area contributed by atoms with Gasteiger partial charge in [-0.25, -0.2) is 9.78 Å². The smallest absolute Gasteiger partial charge is 0.358 e. The Hall–Kier alpha value is -1.43. The molecule has 0 bridgehead atoms. The van der Waals surface area contributed by atoms with Crippen molar-refractivity contribution < 1.29 is 14.3 Å². The van der Waals surface area contributed by atoms with Gasteiger partial charge in [0.05, 0.1) is 6.61 Å². The zero-order valence-electron chi connectivity index (χ0n) is 12.9. The summed E-state index contributed by atoms with van der Waals surface area (Å²) in [5, 5.41) is 0.658. The molecule has 1 aromatic rings. The minimum Gasteiger partial charge on any atom is -0.461 e. The van der Waals surface area contributed by atoms with E-state index in [0.717, 1.165) is 6.42 Å². The SMILES string of the molecule is CCOC(=O)c1nc(N(C)C(C)(C)CC)sc1C(C)=O. The summed E-state index contributed by atoms with van der Waals surface area (Å²) in [6, 6.07) is 0. The number of anilines is 1. The molecule has 0 spiro atoms. The molecule has 0 radical (unpaired) electrons. The Bertz CT molecular complexity index is 509. The number of Topliss-reactive ketones (excluding diaryl/α,β-unsaturated/α-hetero) is 1. The van der Waals surface area contributed by atoms with Crippen LogP contribution in [-0.2, 0) is 4.74 Å². The fraction of sp³-hybridized carbons (Fsp3) is 0.643. The summed E-state index contributed by atoms with van der Waals surface area (Å²) < 4.78 is 4.96. The molecule has 1 rings (SSSR count). The van der Waals surface area contributed by atoms with E-state index in [1.165, 1.54) is 18.3 Å². The second-order valence-electron chi connectivity index (χ2n) is 5.18. The van der Waals surface area contributed by atoms with Crippen LogP contribution in [-0.4, -0.2) is 35.9 Å². The van der Waals surface area contributed by atoms with Gasteiger partial charge in [-0.2, -0.15) is 0 Å². The van der Waals surface area contributed by atoms with Gasteiger partial charge in [0.15, 0.2) is 16.6 Å². The molecule has 0 saturated heterocycles. The lowest BCUT2D eigenvalue weighted by Gasteiger charge is -2.34. The van der Waals surface area contributed by atoms with Gasteiger partial charge in [-0.15, -0.1) is 0 Å². The van der Waals surface area contributed by atoms with Gasteiger partial charge in [0.1, 0.15) is 4.88 Å². The molecule has 0 aromatic carbocycles. The monoisotopic (exact) mass is 298 g/mol. The summed E-state index contributed by atoms with van der Waals surface area (Å²) in [6.45, 7) is 9.69. The Kier molecular flexibility index (Phi) is 5.28. The van der Waals surface area contributed by atoms with Crippen LogP contribution in [0.1, 0.15) is 61.2 Å². The minimum atomic E-state index is -0.539. The number of carbonyl (C=O) groups excluding carboxylic acids is 2. The average molecular weight is 298 g/mol. The van der Waals surface area contributed by atoms with Crippen molar-refractivity contribution in [2.24, 2.45) is 0 Å². The molecule has 1 aromatic heterocycles. The quantitative estimate of drug-likeness (QED) is 0.596. The molecule has 0 aliphatic carbocycles. The van der Waals surface area contributed by atoms with Crippen molar-refractivity contribution in [3.8, 4) is 0 Å². The lowest BCUT2D eigenvalue weighted by Crippen LogP contribution is -2.40. The van der Waals surface area contributed by atoms with Gasteiger partial charge in [-0.1, -0.05) is 18.3 Å². The number of carbonyl (C=O) groups is 2. The lowest BCUT2D eigenvalue weighted by atomic mass is 10.0. The molecule has 0 aliphatic heterocycles. The molecule has 0 aliphatic rings. The highest BCUT2D eigenvalue weighted by atomic mass is 32.1. The van der Waals surface area contributed by atoms with Crippen LogP contribution in [0.4, 0.5) is 5.13 Å². The molecule has 1 heterocycles. The van der Waals surface area contributed by atoms with Crippen LogP contribution in [0.3, 0.4) is 0 Å². The third kappa shape index (κ3) is 3.36. The molecule has 0 amide bonds. The highest BCUT2D eigenvalue weighted by Gasteiger charge is 2.28. The zero-order chi connectivity index (χ0) is 15.5. The number of hydrogen-bond donors (Lipinski definition) is 0. The maximum Gasteiger partial charge on any atom is 0.358 e. The van der Waals surface area contributed by atoms with E-state index >= 15 is 0 Å². The second-order valence-corrected chi connectivity index (χ2v) is 6.15. The molecule has 0 saturated carbocycles. The van der Waals surface area contributed by atoms with E-state index in [9.17, 15) is 9.59 Å². The number of nitrogens with zero attached hydrogens (tertiary/aromatic N) is 2. The number of thiazole rings is 1. The van der Waals surface area contributed by atoms with Gasteiger partial charge >= 0.3 is 5.97 Å². The first-order valence-electron chi connectivity index (χ1n) is 6.67. The predicted octanol–water partition coefficient (Wildman–Crippen LogP) is 3.15. The first-order valence-corrected chi connectivity index (χ1v) is 7.49. The molecule has 0 atom stereocenters. The van der Waals surface area contributed by atoms with Crippen LogP contribution in [0.15, 0.2) is 0 Å². The maximum atomic E-state index is 11.9. The first kappa shape index (κ1) is 16.6. The highest BCUT2D eigenvalue weighted by Crippen LogP contribution is 2.31. The van der Waals surface area contributed by atoms with Crippen LogP contribution >= 0.6 is 11.3 Å². The van der Waals surface area contributed by atoms with Crippen LogP contribution in [0.2, 0.25) is 0 Å². The van der Waals surface area contributed by atoms with Gasteiger partial charge < -0.3 is 9.64 Å². The van der Waals surface area contributed by atoms with Crippen molar-refractivity contribution in [2.75, 3.05) is 18.6 Å². The highest BCUT2D eigenvalue weighted by molar-refractivity contribution is 7.17.